The van der Waals surface area contributed by atoms with Crippen molar-refractivity contribution in [3.05, 3.63) is 103 Å². The Morgan fingerprint density at radius 1 is 0.848 bits per heavy atom. The fourth-order valence-corrected chi connectivity index (χ4v) is 9.43. The van der Waals surface area contributed by atoms with E-state index in [4.69, 9.17) is 4.74 Å². The smallest absolute Gasteiger partial charge is 0.309 e. The molecule has 3 aromatic carbocycles. The molecule has 1 fully saturated rings. The topological polar surface area (TPSA) is 26.3 Å². The van der Waals surface area contributed by atoms with E-state index in [0.29, 0.717) is 13.0 Å². The number of ether oxygens (including phenoxy) is 1. The monoisotopic (exact) mass is 492 g/mol. The summed E-state index contributed by atoms with van der Waals surface area (Å²) in [4.78, 5) is 16.6. The summed E-state index contributed by atoms with van der Waals surface area (Å²) < 4.78 is 5.19. The van der Waals surface area contributed by atoms with Crippen LogP contribution < -0.4 is 0 Å². The van der Waals surface area contributed by atoms with Gasteiger partial charge in [-0.3, -0.25) is 4.79 Å². The normalized spacial score (nSPS) is 18.5. The zero-order valence-corrected chi connectivity index (χ0v) is 21.1. The van der Waals surface area contributed by atoms with Crippen molar-refractivity contribution in [3.8, 4) is 0 Å². The minimum atomic E-state index is -0.371. The van der Waals surface area contributed by atoms with E-state index in [2.05, 4.69) is 79.4 Å². The van der Waals surface area contributed by atoms with Crippen molar-refractivity contribution in [3.63, 3.8) is 0 Å². The van der Waals surface area contributed by atoms with Crippen molar-refractivity contribution in [1.82, 2.24) is 0 Å². The number of benzene rings is 3. The second-order valence-electron chi connectivity index (χ2n) is 8.18. The van der Waals surface area contributed by atoms with Crippen LogP contribution in [0.2, 0.25) is 0 Å². The second kappa shape index (κ2) is 11.4. The largest absolute Gasteiger partial charge is 0.465 e. The molecule has 0 bridgehead atoms. The van der Waals surface area contributed by atoms with E-state index < -0.39 is 0 Å². The van der Waals surface area contributed by atoms with Gasteiger partial charge in [0.25, 0.3) is 0 Å². The molecule has 0 radical (unpaired) electrons. The van der Waals surface area contributed by atoms with Crippen molar-refractivity contribution in [2.24, 2.45) is 11.8 Å². The van der Waals surface area contributed by atoms with Crippen LogP contribution in [0.15, 0.2) is 118 Å². The summed E-state index contributed by atoms with van der Waals surface area (Å²) >= 11 is 5.56. The Bertz CT molecular complexity index is 953. The number of hydrogen-bond donors (Lipinski definition) is 0. The molecule has 1 aliphatic rings. The Balaban J connectivity index is 1.84. The molecule has 0 spiro atoms. The van der Waals surface area contributed by atoms with E-state index in [1.807, 2.05) is 60.4 Å². The van der Waals surface area contributed by atoms with E-state index in [9.17, 15) is 4.79 Å². The highest BCUT2D eigenvalue weighted by Gasteiger charge is 2.50. The van der Waals surface area contributed by atoms with Crippen LogP contribution in [0.4, 0.5) is 0 Å². The number of cyclic esters (lactones) is 1. The summed E-state index contributed by atoms with van der Waals surface area (Å²) in [6.07, 6.45) is 1.47. The molecule has 0 N–H and O–H groups in total. The van der Waals surface area contributed by atoms with Gasteiger partial charge >= 0.3 is 5.97 Å². The molecule has 0 amide bonds. The zero-order valence-electron chi connectivity index (χ0n) is 18.7. The van der Waals surface area contributed by atoms with Crippen molar-refractivity contribution in [2.75, 3.05) is 6.61 Å². The second-order valence-corrected chi connectivity index (χ2v) is 12.9. The fraction of sp³-hybridized carbons (Fsp3) is 0.250. The average Bonchev–Trinajstić information content (AvgIpc) is 2.82. The number of rotatable bonds is 9. The Kier molecular flexibility index (Phi) is 8.29. The van der Waals surface area contributed by atoms with Crippen molar-refractivity contribution in [1.29, 1.82) is 0 Å². The Morgan fingerprint density at radius 3 is 1.67 bits per heavy atom. The van der Waals surface area contributed by atoms with E-state index >= 15 is 0 Å². The Morgan fingerprint density at radius 2 is 1.27 bits per heavy atom. The summed E-state index contributed by atoms with van der Waals surface area (Å²) in [7, 11) is 0. The van der Waals surface area contributed by atoms with E-state index in [0.717, 1.165) is 12.0 Å². The van der Waals surface area contributed by atoms with Crippen LogP contribution in [-0.4, -0.2) is 16.0 Å². The summed E-state index contributed by atoms with van der Waals surface area (Å²) in [6.45, 7) is 6.58. The Hall–Kier alpha value is -2.08. The lowest BCUT2D eigenvalue weighted by atomic mass is 9.84. The van der Waals surface area contributed by atoms with E-state index in [1.54, 1.807) is 0 Å². The molecule has 0 saturated carbocycles. The van der Waals surface area contributed by atoms with Gasteiger partial charge in [-0.25, -0.2) is 0 Å². The maximum absolute atomic E-state index is 13.1. The van der Waals surface area contributed by atoms with Crippen LogP contribution in [0.1, 0.15) is 19.8 Å². The van der Waals surface area contributed by atoms with Crippen molar-refractivity contribution < 1.29 is 9.53 Å². The molecule has 2 atom stereocenters. The molecule has 2 nitrogen and oxygen atoms in total. The van der Waals surface area contributed by atoms with Gasteiger partial charge in [0, 0.05) is 20.6 Å². The quantitative estimate of drug-likeness (QED) is 0.130. The van der Waals surface area contributed by atoms with Crippen LogP contribution in [0, 0.1) is 11.8 Å². The van der Waals surface area contributed by atoms with Crippen LogP contribution in [-0.2, 0) is 9.53 Å². The first-order valence-electron chi connectivity index (χ1n) is 11.1. The maximum Gasteiger partial charge on any atom is 0.309 e. The van der Waals surface area contributed by atoms with Crippen LogP contribution in [0.25, 0.3) is 0 Å². The number of hydrogen-bond acceptors (Lipinski definition) is 5. The molecule has 3 aromatic rings. The molecular formula is C28H28O2S3. The lowest BCUT2D eigenvalue weighted by Gasteiger charge is -2.44. The molecule has 1 heterocycles. The molecule has 33 heavy (non-hydrogen) atoms. The van der Waals surface area contributed by atoms with Crippen molar-refractivity contribution in [2.45, 2.75) is 37.9 Å². The van der Waals surface area contributed by atoms with E-state index in [1.165, 1.54) is 14.7 Å². The lowest BCUT2D eigenvalue weighted by Crippen LogP contribution is -2.42. The summed E-state index contributed by atoms with van der Waals surface area (Å²) in [5.74, 6) is -0.231. The first-order chi connectivity index (χ1) is 16.1. The van der Waals surface area contributed by atoms with Gasteiger partial charge in [0.2, 0.25) is 0 Å². The number of carbonyl (C=O) groups is 1. The minimum absolute atomic E-state index is 0.0936. The van der Waals surface area contributed by atoms with Gasteiger partial charge in [-0.05, 0) is 56.2 Å². The SMILES string of the molecule is C=C(C)C[C@@H]1C(=O)OCC[C@H]1C(Sc1ccccc1)(Sc1ccccc1)Sc1ccccc1. The van der Waals surface area contributed by atoms with Crippen LogP contribution in [0.5, 0.6) is 0 Å². The lowest BCUT2D eigenvalue weighted by molar-refractivity contribution is -0.156. The zero-order chi connectivity index (χ0) is 23.1. The molecule has 1 saturated heterocycles. The number of allylic oxidation sites excluding steroid dienone is 1. The predicted molar refractivity (Wildman–Crippen MR) is 142 cm³/mol. The van der Waals surface area contributed by atoms with Gasteiger partial charge in [-0.15, -0.1) is 6.58 Å². The molecule has 0 unspecified atom stereocenters. The number of esters is 1. The molecule has 1 aliphatic heterocycles. The highest BCUT2D eigenvalue weighted by Crippen LogP contribution is 2.62. The molecule has 0 aromatic heterocycles. The molecular weight excluding hydrogens is 465 g/mol. The molecule has 170 valence electrons. The summed E-state index contributed by atoms with van der Waals surface area (Å²) in [5.41, 5.74) is 1.01. The number of thioether (sulfide) groups is 3. The first-order valence-corrected chi connectivity index (χ1v) is 13.5. The van der Waals surface area contributed by atoms with Gasteiger partial charge in [-0.1, -0.05) is 95.5 Å². The third-order valence-electron chi connectivity index (χ3n) is 5.49. The van der Waals surface area contributed by atoms with Crippen LogP contribution >= 0.6 is 35.3 Å². The number of carbonyl (C=O) groups excluding carboxylic acids is 1. The van der Waals surface area contributed by atoms with Crippen molar-refractivity contribution >= 4 is 41.3 Å². The van der Waals surface area contributed by atoms with Gasteiger partial charge in [0.1, 0.15) is 3.41 Å². The average molecular weight is 493 g/mol. The molecule has 5 heteroatoms. The van der Waals surface area contributed by atoms with Crippen LogP contribution in [0.3, 0.4) is 0 Å². The third kappa shape index (κ3) is 6.28. The minimum Gasteiger partial charge on any atom is -0.465 e. The first kappa shape index (κ1) is 24.1. The predicted octanol–water partition coefficient (Wildman–Crippen LogP) is 8.16. The van der Waals surface area contributed by atoms with E-state index in [-0.39, 0.29) is 21.2 Å². The summed E-state index contributed by atoms with van der Waals surface area (Å²) in [5, 5.41) is 0. The third-order valence-corrected chi connectivity index (χ3v) is 10.3. The van der Waals surface area contributed by atoms with Gasteiger partial charge in [0.05, 0.1) is 12.5 Å². The van der Waals surface area contributed by atoms with Gasteiger partial charge < -0.3 is 4.74 Å². The highest BCUT2D eigenvalue weighted by molar-refractivity contribution is 8.33. The highest BCUT2D eigenvalue weighted by atomic mass is 32.3. The summed E-state index contributed by atoms with van der Waals surface area (Å²) in [6, 6.07) is 31.5. The molecule has 4 rings (SSSR count). The fourth-order valence-electron chi connectivity index (χ4n) is 4.03. The van der Waals surface area contributed by atoms with Gasteiger partial charge in [-0.2, -0.15) is 0 Å². The maximum atomic E-state index is 13.1. The standard InChI is InChI=1S/C28H28O2S3/c1-21(2)20-25-26(18-19-30-27(25)29)28(31-22-12-6-3-7-13-22,32-23-14-8-4-9-15-23)33-24-16-10-5-11-17-24/h3-17,25-26H,1,18-20H2,2H3/t25-,26+/m0/s1. The molecule has 0 aliphatic carbocycles. The Labute approximate surface area is 209 Å². The van der Waals surface area contributed by atoms with Gasteiger partial charge in [0.15, 0.2) is 0 Å².